The molecule has 1 N–H and O–H groups in total. The first kappa shape index (κ1) is 19.7. The molecule has 0 radical (unpaired) electrons. The maximum atomic E-state index is 13.2. The number of amides is 2. The predicted molar refractivity (Wildman–Crippen MR) is 105 cm³/mol. The van der Waals surface area contributed by atoms with Crippen LogP contribution >= 0.6 is 0 Å². The van der Waals surface area contributed by atoms with E-state index in [2.05, 4.69) is 0 Å². The Labute approximate surface area is 170 Å². The first-order valence-electron chi connectivity index (χ1n) is 10.5. The zero-order valence-corrected chi connectivity index (χ0v) is 16.6. The second-order valence-electron chi connectivity index (χ2n) is 8.54. The van der Waals surface area contributed by atoms with Crippen molar-refractivity contribution in [3.63, 3.8) is 0 Å². The van der Waals surface area contributed by atoms with E-state index in [4.69, 9.17) is 4.74 Å². The molecule has 7 nitrogen and oxygen atoms in total. The minimum atomic E-state index is -0.934. The standard InChI is InChI=1S/C22H28N2O5/c25-19(16-5-2-1-3-6-16)29-18-9-7-17(8-10-18)24-14-12-22(20(24)26)11-4-13-23(15-22)21(27)28/h1-3,5-6,17-18H,4,7-15H2,(H,27,28)/t17?,18?,22-/m0/s1. The summed E-state index contributed by atoms with van der Waals surface area (Å²) in [7, 11) is 0. The number of ether oxygens (including phenoxy) is 1. The molecule has 156 valence electrons. The van der Waals surface area contributed by atoms with E-state index in [9.17, 15) is 19.5 Å². The summed E-state index contributed by atoms with van der Waals surface area (Å²) in [4.78, 5) is 40.2. The highest BCUT2D eigenvalue weighted by Gasteiger charge is 2.51. The predicted octanol–water partition coefficient (Wildman–Crippen LogP) is 3.15. The minimum absolute atomic E-state index is 0.109. The van der Waals surface area contributed by atoms with Crippen molar-refractivity contribution in [1.82, 2.24) is 9.80 Å². The van der Waals surface area contributed by atoms with Gasteiger partial charge in [-0.3, -0.25) is 4.79 Å². The van der Waals surface area contributed by atoms with Crippen LogP contribution in [0.1, 0.15) is 55.3 Å². The fourth-order valence-electron chi connectivity index (χ4n) is 5.14. The van der Waals surface area contributed by atoms with E-state index in [-0.39, 0.29) is 24.0 Å². The van der Waals surface area contributed by atoms with Gasteiger partial charge < -0.3 is 19.6 Å². The van der Waals surface area contributed by atoms with E-state index < -0.39 is 11.5 Å². The molecule has 29 heavy (non-hydrogen) atoms. The summed E-state index contributed by atoms with van der Waals surface area (Å²) in [6, 6.07) is 9.16. The monoisotopic (exact) mass is 400 g/mol. The Hall–Kier alpha value is -2.57. The first-order chi connectivity index (χ1) is 14.0. The van der Waals surface area contributed by atoms with E-state index in [0.29, 0.717) is 25.2 Å². The van der Waals surface area contributed by atoms with Crippen molar-refractivity contribution in [3.05, 3.63) is 35.9 Å². The van der Waals surface area contributed by atoms with Crippen molar-refractivity contribution in [2.24, 2.45) is 5.41 Å². The van der Waals surface area contributed by atoms with Gasteiger partial charge >= 0.3 is 12.1 Å². The van der Waals surface area contributed by atoms with Gasteiger partial charge in [0.15, 0.2) is 0 Å². The van der Waals surface area contributed by atoms with Crippen LogP contribution in [0.4, 0.5) is 4.79 Å². The van der Waals surface area contributed by atoms with Crippen LogP contribution in [0.3, 0.4) is 0 Å². The first-order valence-corrected chi connectivity index (χ1v) is 10.5. The van der Waals surface area contributed by atoms with Gasteiger partial charge in [-0.25, -0.2) is 9.59 Å². The van der Waals surface area contributed by atoms with Crippen molar-refractivity contribution in [1.29, 1.82) is 0 Å². The minimum Gasteiger partial charge on any atom is -0.465 e. The summed E-state index contributed by atoms with van der Waals surface area (Å²) in [5.41, 5.74) is 0.0272. The van der Waals surface area contributed by atoms with Gasteiger partial charge in [-0.2, -0.15) is 0 Å². The lowest BCUT2D eigenvalue weighted by Gasteiger charge is -2.39. The number of hydrogen-bond acceptors (Lipinski definition) is 4. The maximum Gasteiger partial charge on any atom is 0.407 e. The number of carbonyl (C=O) groups is 3. The maximum absolute atomic E-state index is 13.2. The van der Waals surface area contributed by atoms with Gasteiger partial charge in [-0.1, -0.05) is 18.2 Å². The normalized spacial score (nSPS) is 29.9. The Bertz CT molecular complexity index is 775. The fraction of sp³-hybridized carbons (Fsp3) is 0.591. The highest BCUT2D eigenvalue weighted by molar-refractivity contribution is 5.89. The number of carbonyl (C=O) groups excluding carboxylic acids is 2. The molecule has 7 heteroatoms. The van der Waals surface area contributed by atoms with E-state index in [0.717, 1.165) is 44.9 Å². The number of likely N-dealkylation sites (tertiary alicyclic amines) is 2. The van der Waals surface area contributed by atoms with Crippen molar-refractivity contribution < 1.29 is 24.2 Å². The molecule has 4 rings (SSSR count). The molecule has 1 spiro atoms. The second-order valence-corrected chi connectivity index (χ2v) is 8.54. The smallest absolute Gasteiger partial charge is 0.407 e. The molecule has 2 saturated heterocycles. The molecular weight excluding hydrogens is 372 g/mol. The number of hydrogen-bond donors (Lipinski definition) is 1. The largest absolute Gasteiger partial charge is 0.465 e. The van der Waals surface area contributed by atoms with Crippen LogP contribution < -0.4 is 0 Å². The van der Waals surface area contributed by atoms with E-state index in [1.807, 2.05) is 23.1 Å². The van der Waals surface area contributed by atoms with Crippen LogP contribution in [0.2, 0.25) is 0 Å². The second kappa shape index (κ2) is 8.05. The fourth-order valence-corrected chi connectivity index (χ4v) is 5.14. The number of carboxylic acid groups (broad SMARTS) is 1. The van der Waals surface area contributed by atoms with Crippen LogP contribution in [0.15, 0.2) is 30.3 Å². The summed E-state index contributed by atoms with van der Waals surface area (Å²) in [5.74, 6) is -0.172. The van der Waals surface area contributed by atoms with Gasteiger partial charge in [-0.15, -0.1) is 0 Å². The van der Waals surface area contributed by atoms with Crippen molar-refractivity contribution >= 4 is 18.0 Å². The number of rotatable bonds is 3. The van der Waals surface area contributed by atoms with Gasteiger partial charge in [0.05, 0.1) is 11.0 Å². The molecule has 2 aliphatic heterocycles. The lowest BCUT2D eigenvalue weighted by Crippen LogP contribution is -2.51. The van der Waals surface area contributed by atoms with Gasteiger partial charge in [0.2, 0.25) is 5.91 Å². The molecule has 0 unspecified atom stereocenters. The highest BCUT2D eigenvalue weighted by Crippen LogP contribution is 2.42. The van der Waals surface area contributed by atoms with Crippen LogP contribution in [-0.4, -0.2) is 64.7 Å². The van der Waals surface area contributed by atoms with Crippen LogP contribution in [0, 0.1) is 5.41 Å². The lowest BCUT2D eigenvalue weighted by atomic mass is 9.78. The molecule has 0 aromatic heterocycles. The summed E-state index contributed by atoms with van der Waals surface area (Å²) >= 11 is 0. The molecule has 0 bridgehead atoms. The average molecular weight is 400 g/mol. The summed E-state index contributed by atoms with van der Waals surface area (Å²) in [6.07, 6.45) is 4.35. The van der Waals surface area contributed by atoms with Crippen molar-refractivity contribution in [3.8, 4) is 0 Å². The zero-order chi connectivity index (χ0) is 20.4. The molecule has 1 atom stereocenters. The summed E-state index contributed by atoms with van der Waals surface area (Å²) in [5, 5.41) is 9.33. The molecule has 1 saturated carbocycles. The Kier molecular flexibility index (Phi) is 5.48. The number of benzene rings is 1. The highest BCUT2D eigenvalue weighted by atomic mass is 16.5. The van der Waals surface area contributed by atoms with E-state index >= 15 is 0 Å². The molecule has 3 fully saturated rings. The number of esters is 1. The van der Waals surface area contributed by atoms with Gasteiger partial charge in [0.1, 0.15) is 6.10 Å². The molecule has 1 aromatic carbocycles. The summed E-state index contributed by atoms with van der Waals surface area (Å²) in [6.45, 7) is 1.54. The quantitative estimate of drug-likeness (QED) is 0.788. The Morgan fingerprint density at radius 2 is 1.76 bits per heavy atom. The zero-order valence-electron chi connectivity index (χ0n) is 16.6. The topological polar surface area (TPSA) is 87.2 Å². The van der Waals surface area contributed by atoms with Crippen molar-refractivity contribution in [2.75, 3.05) is 19.6 Å². The molecule has 2 amide bonds. The third kappa shape index (κ3) is 3.95. The molecule has 1 aliphatic carbocycles. The Morgan fingerprint density at radius 3 is 2.45 bits per heavy atom. The van der Waals surface area contributed by atoms with E-state index in [1.54, 1.807) is 12.1 Å². The molecular formula is C22H28N2O5. The molecule has 1 aromatic rings. The lowest BCUT2D eigenvalue weighted by molar-refractivity contribution is -0.141. The van der Waals surface area contributed by atoms with Crippen LogP contribution in [-0.2, 0) is 9.53 Å². The molecule has 2 heterocycles. The van der Waals surface area contributed by atoms with Gasteiger partial charge in [0, 0.05) is 25.7 Å². The van der Waals surface area contributed by atoms with Crippen LogP contribution in [0.5, 0.6) is 0 Å². The Balaban J connectivity index is 1.32. The van der Waals surface area contributed by atoms with E-state index in [1.165, 1.54) is 4.90 Å². The number of nitrogens with zero attached hydrogens (tertiary/aromatic N) is 2. The van der Waals surface area contributed by atoms with Crippen LogP contribution in [0.25, 0.3) is 0 Å². The number of piperidine rings is 1. The Morgan fingerprint density at radius 1 is 1.03 bits per heavy atom. The third-order valence-electron chi connectivity index (χ3n) is 6.76. The third-order valence-corrected chi connectivity index (χ3v) is 6.76. The summed E-state index contributed by atoms with van der Waals surface area (Å²) < 4.78 is 5.65. The van der Waals surface area contributed by atoms with Gasteiger partial charge in [0.25, 0.3) is 0 Å². The van der Waals surface area contributed by atoms with Crippen molar-refractivity contribution in [2.45, 2.75) is 57.1 Å². The SMILES string of the molecule is O=C(OC1CCC(N2CC[C@]3(CCCN(C(=O)O)C3)C2=O)CC1)c1ccccc1. The van der Waals surface area contributed by atoms with Gasteiger partial charge in [-0.05, 0) is 57.1 Å². The molecule has 3 aliphatic rings. The average Bonchev–Trinajstić information content (AvgIpc) is 3.05.